The highest BCUT2D eigenvalue weighted by molar-refractivity contribution is 5.83. The minimum atomic E-state index is -0.117. The van der Waals surface area contributed by atoms with Gasteiger partial charge in [0.25, 0.3) is 0 Å². The first kappa shape index (κ1) is 14.3. The second-order valence-electron chi connectivity index (χ2n) is 9.14. The van der Waals surface area contributed by atoms with Crippen LogP contribution in [-0.2, 0) is 11.3 Å². The van der Waals surface area contributed by atoms with Crippen LogP contribution in [0.15, 0.2) is 6.07 Å². The first-order chi connectivity index (χ1) is 10.3. The summed E-state index contributed by atoms with van der Waals surface area (Å²) in [5, 5.41) is 10.3. The first-order valence-electron chi connectivity index (χ1n) is 8.59. The van der Waals surface area contributed by atoms with E-state index in [0.29, 0.717) is 17.4 Å². The first-order valence-corrected chi connectivity index (χ1v) is 8.59. The average molecular weight is 301 g/mol. The summed E-state index contributed by atoms with van der Waals surface area (Å²) < 4.78 is 0. The smallest absolute Gasteiger partial charge is 0.226 e. The molecule has 1 aromatic rings. The number of aryl methyl sites for hydroxylation is 1. The van der Waals surface area contributed by atoms with Crippen LogP contribution < -0.4 is 5.32 Å². The van der Waals surface area contributed by atoms with Crippen molar-refractivity contribution in [2.24, 2.45) is 22.2 Å². The number of amides is 1. The van der Waals surface area contributed by atoms with E-state index >= 15 is 0 Å². The summed E-state index contributed by atoms with van der Waals surface area (Å²) >= 11 is 0. The molecule has 1 aromatic heterocycles. The molecular weight excluding hydrogens is 274 g/mol. The minimum absolute atomic E-state index is 0.117. The summed E-state index contributed by atoms with van der Waals surface area (Å²) in [6.07, 6.45) is 7.23. The molecule has 4 nitrogen and oxygen atoms in total. The maximum absolute atomic E-state index is 13.0. The van der Waals surface area contributed by atoms with Crippen LogP contribution >= 0.6 is 0 Å². The van der Waals surface area contributed by atoms with Gasteiger partial charge in [-0.1, -0.05) is 13.8 Å². The van der Waals surface area contributed by atoms with Gasteiger partial charge >= 0.3 is 0 Å². The second kappa shape index (κ2) is 4.36. The van der Waals surface area contributed by atoms with E-state index < -0.39 is 0 Å². The van der Waals surface area contributed by atoms with E-state index in [0.717, 1.165) is 36.6 Å². The van der Waals surface area contributed by atoms with Gasteiger partial charge in [-0.3, -0.25) is 9.89 Å². The number of hydrogen-bond donors (Lipinski definition) is 2. The van der Waals surface area contributed by atoms with Crippen LogP contribution in [0.2, 0.25) is 0 Å². The fraction of sp³-hybridized carbons (Fsp3) is 0.778. The van der Waals surface area contributed by atoms with E-state index in [1.807, 2.05) is 13.0 Å². The molecule has 0 spiro atoms. The summed E-state index contributed by atoms with van der Waals surface area (Å²) in [6.45, 7) is 7.35. The molecule has 4 aliphatic rings. The number of rotatable bonds is 3. The molecule has 0 unspecified atom stereocenters. The molecule has 22 heavy (non-hydrogen) atoms. The zero-order chi connectivity index (χ0) is 15.6. The Bertz CT molecular complexity index is 602. The fourth-order valence-electron chi connectivity index (χ4n) is 6.62. The van der Waals surface area contributed by atoms with Crippen LogP contribution in [0, 0.1) is 29.1 Å². The predicted molar refractivity (Wildman–Crippen MR) is 85.0 cm³/mol. The van der Waals surface area contributed by atoms with Crippen LogP contribution in [0.4, 0.5) is 0 Å². The van der Waals surface area contributed by atoms with E-state index in [1.165, 1.54) is 19.3 Å². The third-order valence-electron chi connectivity index (χ3n) is 6.30. The summed E-state index contributed by atoms with van der Waals surface area (Å²) in [7, 11) is 0. The third-order valence-corrected chi connectivity index (χ3v) is 6.30. The Morgan fingerprint density at radius 3 is 2.50 bits per heavy atom. The molecule has 4 heteroatoms. The van der Waals surface area contributed by atoms with Gasteiger partial charge in [0.1, 0.15) is 0 Å². The van der Waals surface area contributed by atoms with Gasteiger partial charge in [0.2, 0.25) is 5.91 Å². The topological polar surface area (TPSA) is 57.8 Å². The van der Waals surface area contributed by atoms with E-state index in [9.17, 15) is 4.79 Å². The Kier molecular flexibility index (Phi) is 2.83. The lowest BCUT2D eigenvalue weighted by Gasteiger charge is -2.64. The highest BCUT2D eigenvalue weighted by Crippen LogP contribution is 2.69. The molecule has 1 heterocycles. The number of hydrogen-bond acceptors (Lipinski definition) is 2. The lowest BCUT2D eigenvalue weighted by Crippen LogP contribution is -2.59. The SMILES string of the molecule is Cc1cc(CNC(=O)C23CC4C[C@](C)(C2)C[C@](C)(C4)C3)n[nH]1. The number of aromatic amines is 1. The van der Waals surface area contributed by atoms with Crippen molar-refractivity contribution in [2.75, 3.05) is 0 Å². The molecule has 2 atom stereocenters. The lowest BCUT2D eigenvalue weighted by atomic mass is 9.40. The average Bonchev–Trinajstić information content (AvgIpc) is 2.77. The number of H-pyrrole nitrogens is 1. The fourth-order valence-corrected chi connectivity index (χ4v) is 6.62. The molecule has 4 fully saturated rings. The highest BCUT2D eigenvalue weighted by atomic mass is 16.2. The Morgan fingerprint density at radius 2 is 1.95 bits per heavy atom. The lowest BCUT2D eigenvalue weighted by molar-refractivity contribution is -0.170. The standard InChI is InChI=1S/C18H27N3O/c1-12-4-14(21-20-12)8-19-15(22)18-7-13-5-16(2,10-18)9-17(3,6-13)11-18/h4,13H,5-11H2,1-3H3,(H,19,22)(H,20,21)/t13?,16-,17-,18?/m0/s1. The van der Waals surface area contributed by atoms with Gasteiger partial charge < -0.3 is 5.32 Å². The van der Waals surface area contributed by atoms with Crippen LogP contribution in [0.3, 0.4) is 0 Å². The number of nitrogens with zero attached hydrogens (tertiary/aromatic N) is 1. The highest BCUT2D eigenvalue weighted by Gasteiger charge is 2.62. The van der Waals surface area contributed by atoms with Crippen LogP contribution in [0.5, 0.6) is 0 Å². The molecule has 2 N–H and O–H groups in total. The van der Waals surface area contributed by atoms with E-state index in [2.05, 4.69) is 29.4 Å². The molecule has 4 aliphatic carbocycles. The van der Waals surface area contributed by atoms with Gasteiger partial charge in [-0.2, -0.15) is 5.10 Å². The number of carbonyl (C=O) groups is 1. The Morgan fingerprint density at radius 1 is 1.27 bits per heavy atom. The Hall–Kier alpha value is -1.32. The summed E-state index contributed by atoms with van der Waals surface area (Å²) in [5.74, 6) is 1.03. The van der Waals surface area contributed by atoms with Crippen molar-refractivity contribution in [3.05, 3.63) is 17.5 Å². The summed E-state index contributed by atoms with van der Waals surface area (Å²) in [4.78, 5) is 13.0. The van der Waals surface area contributed by atoms with Gasteiger partial charge in [-0.05, 0) is 68.3 Å². The van der Waals surface area contributed by atoms with E-state index in [-0.39, 0.29) is 11.3 Å². The molecule has 0 saturated heterocycles. The quantitative estimate of drug-likeness (QED) is 0.899. The zero-order valence-corrected chi connectivity index (χ0v) is 14.0. The van der Waals surface area contributed by atoms with Crippen molar-refractivity contribution in [3.63, 3.8) is 0 Å². The molecule has 120 valence electrons. The molecule has 1 amide bonds. The second-order valence-corrected chi connectivity index (χ2v) is 9.14. The zero-order valence-electron chi connectivity index (χ0n) is 14.0. The van der Waals surface area contributed by atoms with Crippen molar-refractivity contribution >= 4 is 5.91 Å². The molecule has 0 aliphatic heterocycles. The maximum Gasteiger partial charge on any atom is 0.226 e. The molecule has 5 rings (SSSR count). The Balaban J connectivity index is 1.52. The number of carbonyl (C=O) groups excluding carboxylic acids is 1. The van der Waals surface area contributed by atoms with Gasteiger partial charge in [-0.15, -0.1) is 0 Å². The molecule has 0 aromatic carbocycles. The number of aromatic nitrogens is 2. The van der Waals surface area contributed by atoms with Gasteiger partial charge in [0.05, 0.1) is 17.7 Å². The van der Waals surface area contributed by atoms with Crippen LogP contribution in [0.1, 0.15) is 63.8 Å². The van der Waals surface area contributed by atoms with Gasteiger partial charge in [-0.25, -0.2) is 0 Å². The van der Waals surface area contributed by atoms with Gasteiger partial charge in [0, 0.05) is 5.69 Å². The largest absolute Gasteiger partial charge is 0.350 e. The number of nitrogens with one attached hydrogen (secondary N) is 2. The molecule has 0 radical (unpaired) electrons. The van der Waals surface area contributed by atoms with Crippen LogP contribution in [0.25, 0.3) is 0 Å². The van der Waals surface area contributed by atoms with Crippen molar-refractivity contribution < 1.29 is 4.79 Å². The van der Waals surface area contributed by atoms with Crippen molar-refractivity contribution in [2.45, 2.75) is 65.8 Å². The summed E-state index contributed by atoms with van der Waals surface area (Å²) in [5.41, 5.74) is 2.61. The van der Waals surface area contributed by atoms with Crippen molar-refractivity contribution in [1.82, 2.24) is 15.5 Å². The van der Waals surface area contributed by atoms with Crippen LogP contribution in [-0.4, -0.2) is 16.1 Å². The summed E-state index contributed by atoms with van der Waals surface area (Å²) in [6, 6.07) is 2.00. The van der Waals surface area contributed by atoms with Crippen molar-refractivity contribution in [1.29, 1.82) is 0 Å². The molecule has 4 saturated carbocycles. The molecule has 4 bridgehead atoms. The third kappa shape index (κ3) is 2.19. The minimum Gasteiger partial charge on any atom is -0.350 e. The normalized spacial score (nSPS) is 42.6. The van der Waals surface area contributed by atoms with Gasteiger partial charge in [0.15, 0.2) is 0 Å². The molecular formula is C18H27N3O. The predicted octanol–water partition coefficient (Wildman–Crippen LogP) is 3.33. The Labute approximate surface area is 132 Å². The van der Waals surface area contributed by atoms with E-state index in [1.54, 1.807) is 0 Å². The van der Waals surface area contributed by atoms with E-state index in [4.69, 9.17) is 0 Å². The monoisotopic (exact) mass is 301 g/mol. The maximum atomic E-state index is 13.0. The van der Waals surface area contributed by atoms with Crippen molar-refractivity contribution in [3.8, 4) is 0 Å².